The van der Waals surface area contributed by atoms with E-state index >= 15 is 0 Å². The standard InChI is InChI=1S/C16H20N2OS/c1-11(17-8-9-18-16(19)12-6-7-12)15-10-13-4-2-3-5-14(13)20-15/h2-5,10-12,17H,6-9H2,1H3,(H,18,19). The molecule has 0 radical (unpaired) electrons. The molecule has 1 aliphatic carbocycles. The number of hydrogen-bond acceptors (Lipinski definition) is 3. The van der Waals surface area contributed by atoms with E-state index in [-0.39, 0.29) is 5.91 Å². The number of fused-ring (bicyclic) bond motifs is 1. The minimum absolute atomic E-state index is 0.223. The second-order valence-corrected chi connectivity index (χ2v) is 6.54. The average Bonchev–Trinajstić information content (AvgIpc) is 3.21. The summed E-state index contributed by atoms with van der Waals surface area (Å²) in [5.41, 5.74) is 0. The molecule has 1 aromatic heterocycles. The van der Waals surface area contributed by atoms with Crippen LogP contribution in [0.5, 0.6) is 0 Å². The number of carbonyl (C=O) groups excluding carboxylic acids is 1. The Labute approximate surface area is 123 Å². The molecule has 20 heavy (non-hydrogen) atoms. The fourth-order valence-electron chi connectivity index (χ4n) is 2.28. The summed E-state index contributed by atoms with van der Waals surface area (Å²) >= 11 is 1.83. The van der Waals surface area contributed by atoms with Gasteiger partial charge >= 0.3 is 0 Å². The fraction of sp³-hybridized carbons (Fsp3) is 0.438. The molecule has 1 aromatic carbocycles. The highest BCUT2D eigenvalue weighted by Gasteiger charge is 2.28. The van der Waals surface area contributed by atoms with Gasteiger partial charge in [0.05, 0.1) is 0 Å². The van der Waals surface area contributed by atoms with Crippen molar-refractivity contribution in [3.63, 3.8) is 0 Å². The van der Waals surface area contributed by atoms with Gasteiger partial charge in [-0.05, 0) is 37.3 Å². The van der Waals surface area contributed by atoms with Gasteiger partial charge in [-0.3, -0.25) is 4.79 Å². The van der Waals surface area contributed by atoms with Crippen molar-refractivity contribution in [1.29, 1.82) is 0 Å². The second-order valence-electron chi connectivity index (χ2n) is 5.43. The monoisotopic (exact) mass is 288 g/mol. The third-order valence-electron chi connectivity index (χ3n) is 3.69. The Morgan fingerprint density at radius 3 is 2.90 bits per heavy atom. The molecule has 1 fully saturated rings. The Morgan fingerprint density at radius 2 is 2.15 bits per heavy atom. The molecule has 1 aliphatic rings. The van der Waals surface area contributed by atoms with Crippen LogP contribution in [0.1, 0.15) is 30.7 Å². The van der Waals surface area contributed by atoms with Crippen LogP contribution in [0.15, 0.2) is 30.3 Å². The minimum Gasteiger partial charge on any atom is -0.355 e. The molecule has 1 unspecified atom stereocenters. The Hall–Kier alpha value is -1.39. The first-order valence-electron chi connectivity index (χ1n) is 7.23. The first kappa shape index (κ1) is 13.6. The Morgan fingerprint density at radius 1 is 1.35 bits per heavy atom. The summed E-state index contributed by atoms with van der Waals surface area (Å²) in [5, 5.41) is 7.76. The van der Waals surface area contributed by atoms with Crippen LogP contribution in [0.2, 0.25) is 0 Å². The smallest absolute Gasteiger partial charge is 0.223 e. The van der Waals surface area contributed by atoms with Crippen molar-refractivity contribution in [2.45, 2.75) is 25.8 Å². The number of carbonyl (C=O) groups is 1. The summed E-state index contributed by atoms with van der Waals surface area (Å²) in [7, 11) is 0. The first-order chi connectivity index (χ1) is 9.74. The van der Waals surface area contributed by atoms with Gasteiger partial charge in [-0.2, -0.15) is 0 Å². The van der Waals surface area contributed by atoms with E-state index in [1.54, 1.807) is 0 Å². The summed E-state index contributed by atoms with van der Waals surface area (Å²) in [4.78, 5) is 12.8. The van der Waals surface area contributed by atoms with E-state index in [1.807, 2.05) is 11.3 Å². The van der Waals surface area contributed by atoms with Crippen molar-refractivity contribution >= 4 is 27.3 Å². The number of rotatable bonds is 6. The van der Waals surface area contributed by atoms with Crippen LogP contribution in [0, 0.1) is 5.92 Å². The lowest BCUT2D eigenvalue weighted by Gasteiger charge is -2.12. The average molecular weight is 288 g/mol. The summed E-state index contributed by atoms with van der Waals surface area (Å²) in [6.07, 6.45) is 2.13. The maximum Gasteiger partial charge on any atom is 0.223 e. The SMILES string of the molecule is CC(NCCNC(=O)C1CC1)c1cc2ccccc2s1. The molecule has 0 spiro atoms. The number of hydrogen-bond donors (Lipinski definition) is 2. The molecule has 1 saturated carbocycles. The van der Waals surface area contributed by atoms with Gasteiger partial charge in [0.2, 0.25) is 5.91 Å². The number of benzene rings is 1. The van der Waals surface area contributed by atoms with E-state index in [9.17, 15) is 4.79 Å². The lowest BCUT2D eigenvalue weighted by Crippen LogP contribution is -2.33. The van der Waals surface area contributed by atoms with Gasteiger partial charge in [0.1, 0.15) is 0 Å². The Kier molecular flexibility index (Phi) is 4.03. The van der Waals surface area contributed by atoms with Gasteiger partial charge in [0.25, 0.3) is 0 Å². The van der Waals surface area contributed by atoms with Crippen molar-refractivity contribution in [1.82, 2.24) is 10.6 Å². The summed E-state index contributed by atoms with van der Waals surface area (Å²) in [5.74, 6) is 0.524. The van der Waals surface area contributed by atoms with Crippen molar-refractivity contribution in [2.75, 3.05) is 13.1 Å². The summed E-state index contributed by atoms with van der Waals surface area (Å²) in [6.45, 7) is 3.70. The van der Waals surface area contributed by atoms with Crippen LogP contribution in [-0.2, 0) is 4.79 Å². The zero-order valence-electron chi connectivity index (χ0n) is 11.7. The number of amides is 1. The lowest BCUT2D eigenvalue weighted by molar-refractivity contribution is -0.122. The zero-order valence-corrected chi connectivity index (χ0v) is 12.5. The summed E-state index contributed by atoms with van der Waals surface area (Å²) in [6, 6.07) is 11.0. The van der Waals surface area contributed by atoms with Gasteiger partial charge in [0, 0.05) is 34.6 Å². The van der Waals surface area contributed by atoms with E-state index in [1.165, 1.54) is 15.0 Å². The first-order valence-corrected chi connectivity index (χ1v) is 8.05. The predicted octanol–water partition coefficient (Wildman–Crippen LogP) is 3.08. The van der Waals surface area contributed by atoms with E-state index in [2.05, 4.69) is 47.9 Å². The second kappa shape index (κ2) is 5.94. The molecule has 1 amide bonds. The van der Waals surface area contributed by atoms with Gasteiger partial charge in [0.15, 0.2) is 0 Å². The van der Waals surface area contributed by atoms with Crippen molar-refractivity contribution in [3.8, 4) is 0 Å². The zero-order chi connectivity index (χ0) is 13.9. The van der Waals surface area contributed by atoms with Crippen molar-refractivity contribution in [3.05, 3.63) is 35.2 Å². The van der Waals surface area contributed by atoms with E-state index in [4.69, 9.17) is 0 Å². The predicted molar refractivity (Wildman–Crippen MR) is 84.0 cm³/mol. The number of thiophene rings is 1. The normalized spacial score (nSPS) is 16.2. The number of nitrogens with one attached hydrogen (secondary N) is 2. The van der Waals surface area contributed by atoms with E-state index in [0.717, 1.165) is 19.4 Å². The molecule has 2 aromatic rings. The molecule has 0 saturated heterocycles. The molecule has 106 valence electrons. The molecule has 2 N–H and O–H groups in total. The lowest BCUT2D eigenvalue weighted by atomic mass is 10.2. The van der Waals surface area contributed by atoms with E-state index < -0.39 is 0 Å². The van der Waals surface area contributed by atoms with Gasteiger partial charge in [-0.25, -0.2) is 0 Å². The van der Waals surface area contributed by atoms with Crippen LogP contribution in [-0.4, -0.2) is 19.0 Å². The Balaban J connectivity index is 1.48. The van der Waals surface area contributed by atoms with Crippen LogP contribution in [0.3, 0.4) is 0 Å². The Bertz CT molecular complexity index is 570. The maximum atomic E-state index is 11.5. The van der Waals surface area contributed by atoms with Crippen molar-refractivity contribution in [2.24, 2.45) is 5.92 Å². The van der Waals surface area contributed by atoms with Crippen molar-refractivity contribution < 1.29 is 4.79 Å². The highest BCUT2D eigenvalue weighted by Crippen LogP contribution is 2.29. The molecule has 1 heterocycles. The molecular weight excluding hydrogens is 268 g/mol. The molecule has 4 heteroatoms. The molecule has 0 bridgehead atoms. The highest BCUT2D eigenvalue weighted by atomic mass is 32.1. The maximum absolute atomic E-state index is 11.5. The molecule has 3 nitrogen and oxygen atoms in total. The quantitative estimate of drug-likeness (QED) is 0.802. The molecule has 3 rings (SSSR count). The largest absolute Gasteiger partial charge is 0.355 e. The van der Waals surface area contributed by atoms with E-state index in [0.29, 0.717) is 18.5 Å². The minimum atomic E-state index is 0.223. The topological polar surface area (TPSA) is 41.1 Å². The molecule has 1 atom stereocenters. The molecular formula is C16H20N2OS. The highest BCUT2D eigenvalue weighted by molar-refractivity contribution is 7.19. The summed E-state index contributed by atoms with van der Waals surface area (Å²) < 4.78 is 1.33. The van der Waals surface area contributed by atoms with Crippen LogP contribution in [0.25, 0.3) is 10.1 Å². The third kappa shape index (κ3) is 3.19. The van der Waals surface area contributed by atoms with Crippen LogP contribution < -0.4 is 10.6 Å². The third-order valence-corrected chi connectivity index (χ3v) is 4.99. The fourth-order valence-corrected chi connectivity index (χ4v) is 3.37. The van der Waals surface area contributed by atoms with Crippen LogP contribution in [0.4, 0.5) is 0 Å². The van der Waals surface area contributed by atoms with Crippen LogP contribution >= 0.6 is 11.3 Å². The van der Waals surface area contributed by atoms with Gasteiger partial charge in [-0.15, -0.1) is 11.3 Å². The van der Waals surface area contributed by atoms with Gasteiger partial charge < -0.3 is 10.6 Å². The molecule has 0 aliphatic heterocycles. The van der Waals surface area contributed by atoms with Gasteiger partial charge in [-0.1, -0.05) is 18.2 Å².